The third kappa shape index (κ3) is 4.00. The number of amides is 2. The van der Waals surface area contributed by atoms with Crippen LogP contribution in [0.5, 0.6) is 0 Å². The Balaban J connectivity index is 1.42. The number of carboxylic acid groups (broad SMARTS) is 1. The van der Waals surface area contributed by atoms with Gasteiger partial charge >= 0.3 is 12.0 Å². The molecule has 0 bridgehead atoms. The number of hydrogen-bond donors (Lipinski definition) is 3. The highest BCUT2D eigenvalue weighted by Crippen LogP contribution is 2.40. The standard InChI is InChI=1S/C17H21FN2O3/c18-12-3-1-2-11(8-12)14-9-15(14)20-17(23)19-13-6-4-10(5-7-13)16(21)22/h1-3,8,10,13-15H,4-7,9H2,(H,21,22)(H2,19,20,23). The molecule has 0 radical (unpaired) electrons. The van der Waals surface area contributed by atoms with Gasteiger partial charge in [0, 0.05) is 18.0 Å². The summed E-state index contributed by atoms with van der Waals surface area (Å²) in [5.41, 5.74) is 0.914. The molecule has 23 heavy (non-hydrogen) atoms. The van der Waals surface area contributed by atoms with E-state index in [0.29, 0.717) is 25.7 Å². The quantitative estimate of drug-likeness (QED) is 0.798. The topological polar surface area (TPSA) is 78.4 Å². The summed E-state index contributed by atoms with van der Waals surface area (Å²) in [6.07, 6.45) is 3.43. The van der Waals surface area contributed by atoms with Crippen LogP contribution in [0, 0.1) is 11.7 Å². The number of carboxylic acids is 1. The van der Waals surface area contributed by atoms with E-state index in [1.807, 2.05) is 6.07 Å². The van der Waals surface area contributed by atoms with Gasteiger partial charge in [-0.05, 0) is 49.8 Å². The summed E-state index contributed by atoms with van der Waals surface area (Å²) in [5.74, 6) is -1.10. The lowest BCUT2D eigenvalue weighted by Crippen LogP contribution is -2.45. The fraction of sp³-hybridized carbons (Fsp3) is 0.529. The minimum absolute atomic E-state index is 0.0389. The van der Waals surface area contributed by atoms with Crippen LogP contribution in [0.25, 0.3) is 0 Å². The fourth-order valence-electron chi connectivity index (χ4n) is 3.34. The Labute approximate surface area is 134 Å². The number of hydrogen-bond acceptors (Lipinski definition) is 2. The third-order valence-electron chi connectivity index (χ3n) is 4.80. The minimum atomic E-state index is -0.746. The summed E-state index contributed by atoms with van der Waals surface area (Å²) in [5, 5.41) is 14.8. The van der Waals surface area contributed by atoms with Gasteiger partial charge in [0.25, 0.3) is 0 Å². The van der Waals surface area contributed by atoms with Gasteiger partial charge in [-0.2, -0.15) is 0 Å². The Morgan fingerprint density at radius 2 is 1.87 bits per heavy atom. The van der Waals surface area contributed by atoms with Crippen molar-refractivity contribution in [3.8, 4) is 0 Å². The SMILES string of the molecule is O=C(NC1CCC(C(=O)O)CC1)NC1CC1c1cccc(F)c1. The van der Waals surface area contributed by atoms with Crippen molar-refractivity contribution in [3.05, 3.63) is 35.6 Å². The number of nitrogens with one attached hydrogen (secondary N) is 2. The van der Waals surface area contributed by atoms with Gasteiger partial charge in [-0.1, -0.05) is 12.1 Å². The van der Waals surface area contributed by atoms with Gasteiger partial charge in [-0.25, -0.2) is 9.18 Å². The third-order valence-corrected chi connectivity index (χ3v) is 4.80. The molecule has 2 atom stereocenters. The van der Waals surface area contributed by atoms with Crippen molar-refractivity contribution in [1.82, 2.24) is 10.6 Å². The highest BCUT2D eigenvalue weighted by molar-refractivity contribution is 5.75. The second-order valence-corrected chi connectivity index (χ2v) is 6.51. The Bertz CT molecular complexity index is 599. The van der Waals surface area contributed by atoms with Crippen LogP contribution < -0.4 is 10.6 Å². The minimum Gasteiger partial charge on any atom is -0.481 e. The average molecular weight is 320 g/mol. The van der Waals surface area contributed by atoms with Crippen LogP contribution >= 0.6 is 0 Å². The highest BCUT2D eigenvalue weighted by Gasteiger charge is 2.40. The first-order valence-corrected chi connectivity index (χ1v) is 8.08. The van der Waals surface area contributed by atoms with Gasteiger partial charge in [0.15, 0.2) is 0 Å². The molecule has 0 aromatic heterocycles. The molecule has 3 rings (SSSR count). The number of urea groups is 1. The van der Waals surface area contributed by atoms with Crippen LogP contribution in [-0.4, -0.2) is 29.2 Å². The molecule has 0 heterocycles. The summed E-state index contributed by atoms with van der Waals surface area (Å²) < 4.78 is 13.2. The van der Waals surface area contributed by atoms with E-state index in [2.05, 4.69) is 10.6 Å². The fourth-order valence-corrected chi connectivity index (χ4v) is 3.34. The van der Waals surface area contributed by atoms with E-state index in [4.69, 9.17) is 5.11 Å². The molecule has 2 aliphatic rings. The molecular weight excluding hydrogens is 299 g/mol. The smallest absolute Gasteiger partial charge is 0.315 e. The largest absolute Gasteiger partial charge is 0.481 e. The summed E-state index contributed by atoms with van der Waals surface area (Å²) in [4.78, 5) is 22.9. The zero-order valence-corrected chi connectivity index (χ0v) is 12.8. The molecular formula is C17H21FN2O3. The summed E-state index contributed by atoms with van der Waals surface area (Å²) >= 11 is 0. The summed E-state index contributed by atoms with van der Waals surface area (Å²) in [7, 11) is 0. The van der Waals surface area contributed by atoms with Crippen molar-refractivity contribution >= 4 is 12.0 Å². The first-order chi connectivity index (χ1) is 11.0. The first kappa shape index (κ1) is 15.8. The van der Waals surface area contributed by atoms with E-state index in [0.717, 1.165) is 12.0 Å². The van der Waals surface area contributed by atoms with Crippen LogP contribution in [0.4, 0.5) is 9.18 Å². The van der Waals surface area contributed by atoms with Gasteiger partial charge in [0.1, 0.15) is 5.82 Å². The zero-order chi connectivity index (χ0) is 16.4. The first-order valence-electron chi connectivity index (χ1n) is 8.08. The molecule has 0 aliphatic heterocycles. The number of aliphatic carboxylic acids is 1. The van der Waals surface area contributed by atoms with E-state index >= 15 is 0 Å². The lowest BCUT2D eigenvalue weighted by Gasteiger charge is -2.26. The second kappa shape index (κ2) is 6.56. The Morgan fingerprint density at radius 1 is 1.13 bits per heavy atom. The molecule has 6 heteroatoms. The molecule has 2 amide bonds. The molecule has 124 valence electrons. The van der Waals surface area contributed by atoms with Crippen molar-refractivity contribution in [2.75, 3.05) is 0 Å². The monoisotopic (exact) mass is 320 g/mol. The summed E-state index contributed by atoms with van der Waals surface area (Å²) in [6, 6.07) is 6.35. The van der Waals surface area contributed by atoms with Crippen molar-refractivity contribution in [1.29, 1.82) is 0 Å². The maximum absolute atomic E-state index is 13.2. The van der Waals surface area contributed by atoms with Crippen molar-refractivity contribution in [2.45, 2.75) is 50.1 Å². The lowest BCUT2D eigenvalue weighted by molar-refractivity contribution is -0.142. The van der Waals surface area contributed by atoms with Gasteiger partial charge < -0.3 is 15.7 Å². The molecule has 2 unspecified atom stereocenters. The van der Waals surface area contributed by atoms with Gasteiger partial charge in [0.2, 0.25) is 0 Å². The van der Waals surface area contributed by atoms with Gasteiger partial charge in [-0.15, -0.1) is 0 Å². The molecule has 0 saturated heterocycles. The number of benzene rings is 1. The Hall–Kier alpha value is -2.11. The van der Waals surface area contributed by atoms with E-state index in [1.54, 1.807) is 6.07 Å². The normalized spacial score (nSPS) is 29.6. The molecule has 0 spiro atoms. The average Bonchev–Trinajstić information content (AvgIpc) is 3.26. The van der Waals surface area contributed by atoms with E-state index in [-0.39, 0.29) is 35.8 Å². The molecule has 3 N–H and O–H groups in total. The molecule has 5 nitrogen and oxygen atoms in total. The molecule has 2 fully saturated rings. The van der Waals surface area contributed by atoms with E-state index in [9.17, 15) is 14.0 Å². The lowest BCUT2D eigenvalue weighted by atomic mass is 9.86. The van der Waals surface area contributed by atoms with Crippen LogP contribution in [0.1, 0.15) is 43.6 Å². The van der Waals surface area contributed by atoms with Crippen molar-refractivity contribution in [3.63, 3.8) is 0 Å². The van der Waals surface area contributed by atoms with Crippen LogP contribution in [0.15, 0.2) is 24.3 Å². The van der Waals surface area contributed by atoms with E-state index in [1.165, 1.54) is 12.1 Å². The van der Waals surface area contributed by atoms with Crippen LogP contribution in [-0.2, 0) is 4.79 Å². The second-order valence-electron chi connectivity index (χ2n) is 6.51. The predicted molar refractivity (Wildman–Crippen MR) is 82.6 cm³/mol. The molecule has 1 aromatic rings. The molecule has 2 saturated carbocycles. The van der Waals surface area contributed by atoms with Crippen LogP contribution in [0.3, 0.4) is 0 Å². The molecule has 1 aromatic carbocycles. The number of halogens is 1. The molecule has 2 aliphatic carbocycles. The number of rotatable bonds is 4. The van der Waals surface area contributed by atoms with Gasteiger partial charge in [-0.3, -0.25) is 4.79 Å². The van der Waals surface area contributed by atoms with E-state index < -0.39 is 5.97 Å². The maximum Gasteiger partial charge on any atom is 0.315 e. The predicted octanol–water partition coefficient (Wildman–Crippen LogP) is 2.62. The maximum atomic E-state index is 13.2. The van der Waals surface area contributed by atoms with Gasteiger partial charge in [0.05, 0.1) is 5.92 Å². The van der Waals surface area contributed by atoms with Crippen LogP contribution in [0.2, 0.25) is 0 Å². The number of carbonyl (C=O) groups is 2. The summed E-state index contributed by atoms with van der Waals surface area (Å²) in [6.45, 7) is 0. The van der Waals surface area contributed by atoms with Crippen molar-refractivity contribution < 1.29 is 19.1 Å². The Morgan fingerprint density at radius 3 is 2.52 bits per heavy atom. The highest BCUT2D eigenvalue weighted by atomic mass is 19.1. The van der Waals surface area contributed by atoms with Crippen molar-refractivity contribution in [2.24, 2.45) is 5.92 Å². The number of carbonyl (C=O) groups excluding carboxylic acids is 1. The Kier molecular flexibility index (Phi) is 4.50. The zero-order valence-electron chi connectivity index (χ0n) is 12.8.